The third-order valence-electron chi connectivity index (χ3n) is 3.75. The largest absolute Gasteiger partial charge is 0.480 e. The highest BCUT2D eigenvalue weighted by Gasteiger charge is 2.22. The average molecular weight is 375 g/mol. The summed E-state index contributed by atoms with van der Waals surface area (Å²) in [6.45, 7) is 5.27. The first-order valence-electron chi connectivity index (χ1n) is 8.70. The van der Waals surface area contributed by atoms with E-state index in [2.05, 4.69) is 15.6 Å². The van der Waals surface area contributed by atoms with E-state index >= 15 is 0 Å². The molecule has 0 saturated carbocycles. The number of carbonyl (C=O) groups is 3. The number of carboxylic acid groups (broad SMARTS) is 1. The Hall–Kier alpha value is -3.03. The second-order valence-electron chi connectivity index (χ2n) is 7.20. The molecule has 1 atom stereocenters. The molecule has 0 unspecified atom stereocenters. The molecule has 1 aromatic carbocycles. The van der Waals surface area contributed by atoms with Gasteiger partial charge in [-0.05, 0) is 32.4 Å². The number of aliphatic carboxylic acids is 1. The fourth-order valence-corrected chi connectivity index (χ4v) is 2.58. The molecule has 4 N–H and O–H groups in total. The number of benzene rings is 1. The second kappa shape index (κ2) is 8.57. The number of fused-ring (bicyclic) bond motifs is 1. The smallest absolute Gasteiger partial charge is 0.407 e. The lowest BCUT2D eigenvalue weighted by Crippen LogP contribution is -2.43. The Morgan fingerprint density at radius 2 is 1.93 bits per heavy atom. The zero-order chi connectivity index (χ0) is 20.0. The number of nitrogens with one attached hydrogen (secondary N) is 3. The molecule has 0 aliphatic rings. The van der Waals surface area contributed by atoms with Gasteiger partial charge in [-0.15, -0.1) is 0 Å². The minimum atomic E-state index is -1.12. The Kier molecular flexibility index (Phi) is 6.44. The summed E-state index contributed by atoms with van der Waals surface area (Å²) in [5, 5.41) is 15.3. The van der Waals surface area contributed by atoms with Crippen LogP contribution < -0.4 is 10.6 Å². The van der Waals surface area contributed by atoms with Crippen LogP contribution in [0.2, 0.25) is 0 Å². The summed E-state index contributed by atoms with van der Waals surface area (Å²) in [5.74, 6) is -1.58. The first kappa shape index (κ1) is 20.3. The molecule has 2 aromatic rings. The van der Waals surface area contributed by atoms with E-state index in [1.165, 1.54) is 0 Å². The van der Waals surface area contributed by atoms with Crippen molar-refractivity contribution in [2.75, 3.05) is 6.54 Å². The molecular weight excluding hydrogens is 350 g/mol. The summed E-state index contributed by atoms with van der Waals surface area (Å²) in [4.78, 5) is 38.2. The van der Waals surface area contributed by atoms with Gasteiger partial charge in [0.15, 0.2) is 0 Å². The number of ether oxygens (including phenoxy) is 1. The predicted molar refractivity (Wildman–Crippen MR) is 100 cm³/mol. The minimum Gasteiger partial charge on any atom is -0.480 e. The standard InChI is InChI=1S/C19H25N3O5/c1-19(2,3)27-18(26)20-9-8-16(23)22-15(17(24)25)10-12-11-21-14-7-5-4-6-13(12)14/h4-7,11,15,21H,8-10H2,1-3H3,(H,20,26)(H,22,23)(H,24,25)/t15-/m0/s1. The lowest BCUT2D eigenvalue weighted by Gasteiger charge is -2.19. The number of rotatable bonds is 7. The zero-order valence-electron chi connectivity index (χ0n) is 15.7. The summed E-state index contributed by atoms with van der Waals surface area (Å²) in [6.07, 6.45) is 1.24. The Labute approximate surface area is 157 Å². The monoisotopic (exact) mass is 375 g/mol. The van der Waals surface area contributed by atoms with Crippen LogP contribution in [0.4, 0.5) is 4.79 Å². The number of para-hydroxylation sites is 1. The van der Waals surface area contributed by atoms with Gasteiger partial charge in [-0.3, -0.25) is 4.79 Å². The van der Waals surface area contributed by atoms with Gasteiger partial charge >= 0.3 is 12.1 Å². The summed E-state index contributed by atoms with van der Waals surface area (Å²) >= 11 is 0. The number of hydrogen-bond acceptors (Lipinski definition) is 4. The average Bonchev–Trinajstić information content (AvgIpc) is 2.95. The minimum absolute atomic E-state index is 0.0447. The van der Waals surface area contributed by atoms with Crippen LogP contribution in [0.3, 0.4) is 0 Å². The molecule has 0 aliphatic carbocycles. The Bertz CT molecular complexity index is 822. The lowest BCUT2D eigenvalue weighted by molar-refractivity contribution is -0.141. The number of aromatic nitrogens is 1. The van der Waals surface area contributed by atoms with Gasteiger partial charge in [-0.1, -0.05) is 18.2 Å². The first-order valence-corrected chi connectivity index (χ1v) is 8.70. The quantitative estimate of drug-likeness (QED) is 0.591. The molecule has 146 valence electrons. The Balaban J connectivity index is 1.87. The molecule has 0 saturated heterocycles. The van der Waals surface area contributed by atoms with Crippen molar-refractivity contribution >= 4 is 28.9 Å². The van der Waals surface area contributed by atoms with E-state index in [0.717, 1.165) is 16.5 Å². The van der Waals surface area contributed by atoms with Gasteiger partial charge in [0, 0.05) is 36.5 Å². The molecule has 8 nitrogen and oxygen atoms in total. The van der Waals surface area contributed by atoms with Gasteiger partial charge in [0.05, 0.1) is 0 Å². The molecule has 0 fully saturated rings. The van der Waals surface area contributed by atoms with Gasteiger partial charge in [0.2, 0.25) is 5.91 Å². The maximum absolute atomic E-state index is 12.0. The molecule has 2 amide bonds. The molecule has 1 aromatic heterocycles. The predicted octanol–water partition coefficient (Wildman–Crippen LogP) is 2.19. The van der Waals surface area contributed by atoms with E-state index in [9.17, 15) is 19.5 Å². The highest BCUT2D eigenvalue weighted by atomic mass is 16.6. The number of carbonyl (C=O) groups excluding carboxylic acids is 2. The number of amides is 2. The fraction of sp³-hybridized carbons (Fsp3) is 0.421. The van der Waals surface area contributed by atoms with Crippen LogP contribution in [0.1, 0.15) is 32.8 Å². The number of carboxylic acids is 1. The summed E-state index contributed by atoms with van der Waals surface area (Å²) in [5.41, 5.74) is 1.09. The summed E-state index contributed by atoms with van der Waals surface area (Å²) in [7, 11) is 0. The van der Waals surface area contributed by atoms with Crippen LogP contribution >= 0.6 is 0 Å². The molecular formula is C19H25N3O5. The Morgan fingerprint density at radius 1 is 1.22 bits per heavy atom. The maximum atomic E-state index is 12.0. The normalized spacial score (nSPS) is 12.4. The van der Waals surface area contributed by atoms with Crippen molar-refractivity contribution in [2.45, 2.75) is 45.3 Å². The van der Waals surface area contributed by atoms with Gasteiger partial charge in [-0.25, -0.2) is 9.59 Å². The van der Waals surface area contributed by atoms with E-state index in [1.54, 1.807) is 27.0 Å². The highest BCUT2D eigenvalue weighted by Crippen LogP contribution is 2.19. The first-order chi connectivity index (χ1) is 12.7. The van der Waals surface area contributed by atoms with Crippen LogP contribution in [-0.4, -0.2) is 46.2 Å². The third kappa shape index (κ3) is 6.32. The summed E-state index contributed by atoms with van der Waals surface area (Å²) in [6, 6.07) is 6.49. The molecule has 0 bridgehead atoms. The number of H-pyrrole nitrogens is 1. The SMILES string of the molecule is CC(C)(C)OC(=O)NCCC(=O)N[C@@H](Cc1c[nH]c2ccccc12)C(=O)O. The van der Waals surface area contributed by atoms with Gasteiger partial charge in [0.1, 0.15) is 11.6 Å². The van der Waals surface area contributed by atoms with Crippen LogP contribution in [0.5, 0.6) is 0 Å². The maximum Gasteiger partial charge on any atom is 0.407 e. The zero-order valence-corrected chi connectivity index (χ0v) is 15.7. The van der Waals surface area contributed by atoms with Crippen molar-refractivity contribution in [3.63, 3.8) is 0 Å². The van der Waals surface area contributed by atoms with Crippen molar-refractivity contribution in [3.05, 3.63) is 36.0 Å². The molecule has 1 heterocycles. The van der Waals surface area contributed by atoms with Crippen LogP contribution in [0, 0.1) is 0 Å². The lowest BCUT2D eigenvalue weighted by atomic mass is 10.0. The van der Waals surface area contributed by atoms with Crippen molar-refractivity contribution in [3.8, 4) is 0 Å². The highest BCUT2D eigenvalue weighted by molar-refractivity contribution is 5.86. The second-order valence-corrected chi connectivity index (χ2v) is 7.20. The van der Waals surface area contributed by atoms with Crippen molar-refractivity contribution in [1.29, 1.82) is 0 Å². The van der Waals surface area contributed by atoms with E-state index < -0.39 is 29.6 Å². The summed E-state index contributed by atoms with van der Waals surface area (Å²) < 4.78 is 5.07. The third-order valence-corrected chi connectivity index (χ3v) is 3.75. The van der Waals surface area contributed by atoms with Gasteiger partial charge in [-0.2, -0.15) is 0 Å². The number of aromatic amines is 1. The number of alkyl carbamates (subject to hydrolysis) is 1. The van der Waals surface area contributed by atoms with E-state index in [-0.39, 0.29) is 19.4 Å². The Morgan fingerprint density at radius 3 is 2.59 bits per heavy atom. The van der Waals surface area contributed by atoms with Gasteiger partial charge < -0.3 is 25.5 Å². The molecule has 0 spiro atoms. The van der Waals surface area contributed by atoms with Crippen LogP contribution in [0.25, 0.3) is 10.9 Å². The molecule has 8 heteroatoms. The number of hydrogen-bond donors (Lipinski definition) is 4. The molecule has 2 rings (SSSR count). The molecule has 0 aliphatic heterocycles. The van der Waals surface area contributed by atoms with Crippen molar-refractivity contribution in [2.24, 2.45) is 0 Å². The van der Waals surface area contributed by atoms with Gasteiger partial charge in [0.25, 0.3) is 0 Å². The van der Waals surface area contributed by atoms with E-state index in [1.807, 2.05) is 24.3 Å². The van der Waals surface area contributed by atoms with E-state index in [0.29, 0.717) is 0 Å². The molecule has 0 radical (unpaired) electrons. The molecule has 27 heavy (non-hydrogen) atoms. The van der Waals surface area contributed by atoms with E-state index in [4.69, 9.17) is 4.74 Å². The topological polar surface area (TPSA) is 121 Å². The van der Waals surface area contributed by atoms with Crippen molar-refractivity contribution < 1.29 is 24.2 Å². The van der Waals surface area contributed by atoms with Crippen molar-refractivity contribution in [1.82, 2.24) is 15.6 Å². The fourth-order valence-electron chi connectivity index (χ4n) is 2.58. The van der Waals surface area contributed by atoms with Crippen LogP contribution in [0.15, 0.2) is 30.5 Å². The van der Waals surface area contributed by atoms with Crippen LogP contribution in [-0.2, 0) is 20.7 Å².